The Morgan fingerprint density at radius 3 is 2.47 bits per heavy atom. The third-order valence-corrected chi connectivity index (χ3v) is 5.93. The molecule has 2 heterocycles. The fourth-order valence-corrected chi connectivity index (χ4v) is 4.26. The average molecular weight is 399 g/mol. The van der Waals surface area contributed by atoms with Crippen LogP contribution in [0.4, 0.5) is 5.69 Å². The highest BCUT2D eigenvalue weighted by atomic mass is 16.6. The summed E-state index contributed by atoms with van der Waals surface area (Å²) in [6, 6.07) is 23.0. The lowest BCUT2D eigenvalue weighted by Gasteiger charge is -2.45. The highest BCUT2D eigenvalue weighted by Crippen LogP contribution is 2.50. The van der Waals surface area contributed by atoms with E-state index in [2.05, 4.69) is 37.3 Å². The van der Waals surface area contributed by atoms with Gasteiger partial charge < -0.3 is 4.74 Å². The smallest absolute Gasteiger partial charge is 0.269 e. The van der Waals surface area contributed by atoms with Gasteiger partial charge in [0.25, 0.3) is 5.69 Å². The molecular weight excluding hydrogens is 378 g/mol. The third kappa shape index (κ3) is 2.84. The summed E-state index contributed by atoms with van der Waals surface area (Å²) < 4.78 is 6.47. The normalized spacial score (nSPS) is 22.0. The molecule has 0 fully saturated rings. The van der Waals surface area contributed by atoms with Gasteiger partial charge in [0, 0.05) is 36.6 Å². The first-order valence-electron chi connectivity index (χ1n) is 9.92. The fourth-order valence-electron chi connectivity index (χ4n) is 4.26. The lowest BCUT2D eigenvalue weighted by molar-refractivity contribution is -0.384. The molecular formula is C24H21N3O3. The third-order valence-electron chi connectivity index (χ3n) is 5.93. The number of ether oxygens (including phenoxy) is 1. The first-order valence-corrected chi connectivity index (χ1v) is 9.92. The molecule has 0 aromatic heterocycles. The number of aryl methyl sites for hydroxylation is 1. The molecule has 6 nitrogen and oxygen atoms in total. The van der Waals surface area contributed by atoms with Crippen molar-refractivity contribution in [3.8, 4) is 5.75 Å². The average Bonchev–Trinajstić information content (AvgIpc) is 3.21. The van der Waals surface area contributed by atoms with Crippen LogP contribution in [0.3, 0.4) is 0 Å². The lowest BCUT2D eigenvalue weighted by Crippen LogP contribution is -2.48. The van der Waals surface area contributed by atoms with Gasteiger partial charge in [0.2, 0.25) is 5.72 Å². The van der Waals surface area contributed by atoms with E-state index in [-0.39, 0.29) is 11.7 Å². The second kappa shape index (κ2) is 6.69. The first-order chi connectivity index (χ1) is 14.5. The first kappa shape index (κ1) is 18.4. The van der Waals surface area contributed by atoms with Crippen molar-refractivity contribution in [2.24, 2.45) is 5.10 Å². The van der Waals surface area contributed by atoms with Crippen LogP contribution in [0.2, 0.25) is 0 Å². The summed E-state index contributed by atoms with van der Waals surface area (Å²) in [7, 11) is 0. The van der Waals surface area contributed by atoms with Crippen molar-refractivity contribution in [2.45, 2.75) is 32.0 Å². The maximum Gasteiger partial charge on any atom is 0.269 e. The molecule has 0 radical (unpaired) electrons. The molecule has 2 atom stereocenters. The maximum absolute atomic E-state index is 11.1. The monoisotopic (exact) mass is 399 g/mol. The van der Waals surface area contributed by atoms with Crippen LogP contribution in [0.25, 0.3) is 0 Å². The molecule has 3 aromatic carbocycles. The Labute approximate surface area is 174 Å². The number of nitrogens with zero attached hydrogens (tertiary/aromatic N) is 3. The molecule has 2 aliphatic heterocycles. The fraction of sp³-hybridized carbons (Fsp3) is 0.208. The second-order valence-corrected chi connectivity index (χ2v) is 7.90. The zero-order chi connectivity index (χ0) is 20.9. The van der Waals surface area contributed by atoms with E-state index < -0.39 is 10.6 Å². The quantitative estimate of drug-likeness (QED) is 0.442. The molecule has 3 aromatic rings. The molecule has 0 saturated carbocycles. The standard InChI is InChI=1S/C24H21N3O3/c1-16-7-9-17(10-8-16)21-15-22-20-5-3-4-6-23(20)30-24(2,26(22)25-21)18-11-13-19(14-12-18)27(28)29/h3-14,22H,15H2,1-2H3/t22-,24+/m0/s1. The van der Waals surface area contributed by atoms with E-state index in [1.54, 1.807) is 12.1 Å². The van der Waals surface area contributed by atoms with Crippen LogP contribution in [0.1, 0.15) is 41.6 Å². The number of hydrazone groups is 1. The molecule has 0 saturated heterocycles. The summed E-state index contributed by atoms with van der Waals surface area (Å²) in [6.07, 6.45) is 0.770. The van der Waals surface area contributed by atoms with Gasteiger partial charge in [-0.2, -0.15) is 5.10 Å². The Balaban J connectivity index is 1.61. The van der Waals surface area contributed by atoms with Gasteiger partial charge in [-0.05, 0) is 30.7 Å². The number of hydrogen-bond donors (Lipinski definition) is 0. The Morgan fingerprint density at radius 2 is 1.77 bits per heavy atom. The SMILES string of the molecule is Cc1ccc(C2=NN3[C@@H](C2)c2ccccc2O[C@]3(C)c2ccc([N+](=O)[O-])cc2)cc1. The van der Waals surface area contributed by atoms with E-state index in [9.17, 15) is 10.1 Å². The van der Waals surface area contributed by atoms with Crippen molar-refractivity contribution in [2.75, 3.05) is 0 Å². The minimum atomic E-state index is -0.874. The van der Waals surface area contributed by atoms with Gasteiger partial charge in [-0.15, -0.1) is 0 Å². The van der Waals surface area contributed by atoms with E-state index in [0.717, 1.165) is 34.6 Å². The zero-order valence-electron chi connectivity index (χ0n) is 16.8. The highest BCUT2D eigenvalue weighted by molar-refractivity contribution is 6.02. The molecule has 0 unspecified atom stereocenters. The van der Waals surface area contributed by atoms with Crippen molar-refractivity contribution in [1.82, 2.24) is 5.01 Å². The summed E-state index contributed by atoms with van der Waals surface area (Å²) in [4.78, 5) is 10.7. The van der Waals surface area contributed by atoms with Gasteiger partial charge in [-0.1, -0.05) is 48.0 Å². The summed E-state index contributed by atoms with van der Waals surface area (Å²) in [5.41, 5.74) is 4.41. The van der Waals surface area contributed by atoms with E-state index in [0.29, 0.717) is 0 Å². The molecule has 0 N–H and O–H groups in total. The molecule has 5 rings (SSSR count). The Bertz CT molecular complexity index is 1160. The van der Waals surface area contributed by atoms with Crippen molar-refractivity contribution in [1.29, 1.82) is 0 Å². The van der Waals surface area contributed by atoms with Crippen molar-refractivity contribution in [3.63, 3.8) is 0 Å². The van der Waals surface area contributed by atoms with Crippen LogP contribution in [-0.4, -0.2) is 15.6 Å². The Kier molecular flexibility index (Phi) is 4.10. The predicted octanol–water partition coefficient (Wildman–Crippen LogP) is 5.32. The number of para-hydroxylation sites is 1. The van der Waals surface area contributed by atoms with E-state index in [1.165, 1.54) is 17.7 Å². The lowest BCUT2D eigenvalue weighted by atomic mass is 9.92. The number of rotatable bonds is 3. The van der Waals surface area contributed by atoms with Gasteiger partial charge in [-0.25, -0.2) is 5.01 Å². The van der Waals surface area contributed by atoms with Gasteiger partial charge in [-0.3, -0.25) is 10.1 Å². The van der Waals surface area contributed by atoms with Gasteiger partial charge >= 0.3 is 0 Å². The van der Waals surface area contributed by atoms with Crippen LogP contribution in [0, 0.1) is 17.0 Å². The van der Waals surface area contributed by atoms with Gasteiger partial charge in [0.1, 0.15) is 5.75 Å². The maximum atomic E-state index is 11.1. The molecule has 0 spiro atoms. The van der Waals surface area contributed by atoms with E-state index in [1.807, 2.05) is 30.1 Å². The molecule has 150 valence electrons. The van der Waals surface area contributed by atoms with Gasteiger partial charge in [0.15, 0.2) is 0 Å². The Hall–Kier alpha value is -3.67. The minimum absolute atomic E-state index is 0.0337. The van der Waals surface area contributed by atoms with Gasteiger partial charge in [0.05, 0.1) is 16.7 Å². The summed E-state index contributed by atoms with van der Waals surface area (Å²) in [5, 5.41) is 18.1. The molecule has 2 aliphatic rings. The zero-order valence-corrected chi connectivity index (χ0v) is 16.8. The van der Waals surface area contributed by atoms with Crippen LogP contribution in [0.5, 0.6) is 5.75 Å². The minimum Gasteiger partial charge on any atom is -0.462 e. The summed E-state index contributed by atoms with van der Waals surface area (Å²) >= 11 is 0. The molecule has 6 heteroatoms. The van der Waals surface area contributed by atoms with Crippen LogP contribution in [0.15, 0.2) is 77.9 Å². The highest BCUT2D eigenvalue weighted by Gasteiger charge is 2.48. The van der Waals surface area contributed by atoms with Crippen LogP contribution >= 0.6 is 0 Å². The predicted molar refractivity (Wildman–Crippen MR) is 114 cm³/mol. The van der Waals surface area contributed by atoms with Crippen molar-refractivity contribution >= 4 is 11.4 Å². The molecule has 0 bridgehead atoms. The molecule has 0 aliphatic carbocycles. The summed E-state index contributed by atoms with van der Waals surface area (Å²) in [6.45, 7) is 4.04. The van der Waals surface area contributed by atoms with E-state index in [4.69, 9.17) is 9.84 Å². The number of benzene rings is 3. The molecule has 30 heavy (non-hydrogen) atoms. The largest absolute Gasteiger partial charge is 0.462 e. The number of fused-ring (bicyclic) bond motifs is 3. The van der Waals surface area contributed by atoms with Crippen LogP contribution in [-0.2, 0) is 5.72 Å². The van der Waals surface area contributed by atoms with Crippen molar-refractivity contribution in [3.05, 3.63) is 105 Å². The topological polar surface area (TPSA) is 68.0 Å². The van der Waals surface area contributed by atoms with Crippen LogP contribution < -0.4 is 4.74 Å². The summed E-state index contributed by atoms with van der Waals surface area (Å²) in [5.74, 6) is 0.819. The van der Waals surface area contributed by atoms with E-state index >= 15 is 0 Å². The molecule has 0 amide bonds. The Morgan fingerprint density at radius 1 is 1.07 bits per heavy atom. The van der Waals surface area contributed by atoms with Crippen molar-refractivity contribution < 1.29 is 9.66 Å². The number of nitro benzene ring substituents is 1. The number of non-ortho nitro benzene ring substituents is 1. The second-order valence-electron chi connectivity index (χ2n) is 7.90. The number of nitro groups is 1. The number of hydrogen-bond acceptors (Lipinski definition) is 5.